The Balaban J connectivity index is 0.000000208. The molecule has 1 aromatic heterocycles. The summed E-state index contributed by atoms with van der Waals surface area (Å²) in [4.78, 5) is 0. The van der Waals surface area contributed by atoms with Crippen LogP contribution in [0.1, 0.15) is 52.7 Å². The first-order valence-electron chi connectivity index (χ1n) is 8.34. The normalized spacial score (nSPS) is 12.1. The molecule has 25 heavy (non-hydrogen) atoms. The van der Waals surface area contributed by atoms with Gasteiger partial charge in [-0.2, -0.15) is 0 Å². The number of hydrogen-bond acceptors (Lipinski definition) is 2. The van der Waals surface area contributed by atoms with E-state index in [0.29, 0.717) is 5.69 Å². The fourth-order valence-electron chi connectivity index (χ4n) is 2.46. The second-order valence-electron chi connectivity index (χ2n) is 8.40. The van der Waals surface area contributed by atoms with E-state index in [9.17, 15) is 5.11 Å². The van der Waals surface area contributed by atoms with Crippen molar-refractivity contribution in [3.8, 4) is 5.75 Å². The highest BCUT2D eigenvalue weighted by Crippen LogP contribution is 2.38. The molecule has 0 radical (unpaired) electrons. The van der Waals surface area contributed by atoms with Gasteiger partial charge in [-0.05, 0) is 40.7 Å². The molecule has 0 saturated carbocycles. The lowest BCUT2D eigenvalue weighted by Gasteiger charge is -2.26. The molecule has 0 spiro atoms. The van der Waals surface area contributed by atoms with Crippen molar-refractivity contribution >= 4 is 28.3 Å². The maximum absolute atomic E-state index is 10.00. The Morgan fingerprint density at radius 1 is 0.880 bits per heavy atom. The van der Waals surface area contributed by atoms with Crippen molar-refractivity contribution in [2.24, 2.45) is 0 Å². The molecule has 0 aliphatic rings. The highest BCUT2D eigenvalue weighted by atomic mass is 35.5. The number of aromatic hydroxyl groups is 1. The smallest absolute Gasteiger partial charge is 0.142 e. The summed E-state index contributed by atoms with van der Waals surface area (Å²) in [5.74, 6) is 0.223. The fraction of sp³-hybridized carbons (Fsp3) is 0.400. The summed E-state index contributed by atoms with van der Waals surface area (Å²) in [6.45, 7) is 12.7. The largest absolute Gasteiger partial charge is 0.505 e. The van der Waals surface area contributed by atoms with Crippen LogP contribution in [0.25, 0.3) is 11.0 Å². The van der Waals surface area contributed by atoms with Crippen LogP contribution < -0.4 is 5.73 Å². The standard InChI is InChI=1S/C14H23NO.C6H5ClN2/c1-13(2,3)9-7-10(14(4,5)6)12(16)11(15)8-9;7-4-1-2-5-6(3-4)9-8-5/h7-8,16H,15H2,1-6H3;1-3,8-9H. The number of anilines is 1. The van der Waals surface area contributed by atoms with Gasteiger partial charge in [0.15, 0.2) is 0 Å². The Bertz CT molecular complexity index is 863. The van der Waals surface area contributed by atoms with E-state index in [1.165, 1.54) is 0 Å². The summed E-state index contributed by atoms with van der Waals surface area (Å²) < 4.78 is 0. The number of phenols is 1. The van der Waals surface area contributed by atoms with Crippen molar-refractivity contribution in [1.82, 2.24) is 10.2 Å². The van der Waals surface area contributed by atoms with Gasteiger partial charge < -0.3 is 10.8 Å². The number of nitrogen functional groups attached to an aromatic ring is 1. The summed E-state index contributed by atoms with van der Waals surface area (Å²) in [6.07, 6.45) is 0. The minimum absolute atomic E-state index is 0.0435. The van der Waals surface area contributed by atoms with Crippen molar-refractivity contribution in [2.75, 3.05) is 5.73 Å². The SMILES string of the molecule is CC(C)(C)c1cc(N)c(O)c(C(C)(C)C)c1.Clc1ccc2[nH][nH]c2c1. The summed E-state index contributed by atoms with van der Waals surface area (Å²) >= 11 is 5.68. The quantitative estimate of drug-likeness (QED) is 0.305. The Morgan fingerprint density at radius 2 is 1.48 bits per heavy atom. The van der Waals surface area contributed by atoms with E-state index in [1.54, 1.807) is 0 Å². The van der Waals surface area contributed by atoms with Crippen LogP contribution in [-0.2, 0) is 10.8 Å². The molecule has 2 aromatic carbocycles. The van der Waals surface area contributed by atoms with E-state index >= 15 is 0 Å². The number of fused-ring (bicyclic) bond motifs is 1. The van der Waals surface area contributed by atoms with Crippen LogP contribution in [0.15, 0.2) is 30.3 Å². The molecule has 0 unspecified atom stereocenters. The van der Waals surface area contributed by atoms with E-state index in [-0.39, 0.29) is 16.6 Å². The number of nitrogens with one attached hydrogen (secondary N) is 2. The van der Waals surface area contributed by atoms with Gasteiger partial charge in [-0.25, -0.2) is 0 Å². The molecule has 0 fully saturated rings. The molecular weight excluding hydrogens is 334 g/mol. The van der Waals surface area contributed by atoms with Gasteiger partial charge in [-0.15, -0.1) is 0 Å². The number of H-pyrrole nitrogens is 2. The average Bonchev–Trinajstić information content (AvgIpc) is 2.43. The minimum atomic E-state index is -0.0978. The third-order valence-corrected chi connectivity index (χ3v) is 4.36. The topological polar surface area (TPSA) is 77.8 Å². The fourth-order valence-corrected chi connectivity index (χ4v) is 2.63. The van der Waals surface area contributed by atoms with E-state index in [0.717, 1.165) is 27.2 Å². The van der Waals surface area contributed by atoms with Crippen molar-refractivity contribution in [1.29, 1.82) is 0 Å². The van der Waals surface area contributed by atoms with E-state index in [2.05, 4.69) is 57.8 Å². The summed E-state index contributed by atoms with van der Waals surface area (Å²) in [5.41, 5.74) is 10.5. The molecule has 0 saturated heterocycles. The number of rotatable bonds is 0. The van der Waals surface area contributed by atoms with Crippen LogP contribution in [0.2, 0.25) is 5.02 Å². The monoisotopic (exact) mass is 361 g/mol. The molecule has 4 nitrogen and oxygen atoms in total. The van der Waals surface area contributed by atoms with Gasteiger partial charge in [0, 0.05) is 10.6 Å². The second-order valence-corrected chi connectivity index (χ2v) is 8.84. The van der Waals surface area contributed by atoms with Crippen molar-refractivity contribution in [2.45, 2.75) is 52.4 Å². The summed E-state index contributed by atoms with van der Waals surface area (Å²) in [5, 5.41) is 16.6. The third-order valence-electron chi connectivity index (χ3n) is 4.13. The molecule has 0 bridgehead atoms. The van der Waals surface area contributed by atoms with Gasteiger partial charge >= 0.3 is 0 Å². The first-order chi connectivity index (χ1) is 11.4. The number of benzene rings is 2. The van der Waals surface area contributed by atoms with E-state index in [1.807, 2.05) is 24.3 Å². The molecule has 0 amide bonds. The van der Waals surface area contributed by atoms with Crippen LogP contribution in [0.4, 0.5) is 5.69 Å². The average molecular weight is 362 g/mol. The Morgan fingerprint density at radius 3 is 1.88 bits per heavy atom. The second kappa shape index (κ2) is 6.68. The highest BCUT2D eigenvalue weighted by Gasteiger charge is 2.23. The Labute approximate surface area is 154 Å². The number of halogens is 1. The summed E-state index contributed by atoms with van der Waals surface area (Å²) in [7, 11) is 0. The molecule has 5 heteroatoms. The molecule has 1 heterocycles. The first-order valence-corrected chi connectivity index (χ1v) is 8.72. The van der Waals surface area contributed by atoms with Gasteiger partial charge in [0.1, 0.15) is 5.75 Å². The van der Waals surface area contributed by atoms with Crippen LogP contribution >= 0.6 is 11.6 Å². The van der Waals surface area contributed by atoms with Crippen molar-refractivity contribution in [3.63, 3.8) is 0 Å². The zero-order chi connectivity index (χ0) is 19.0. The van der Waals surface area contributed by atoms with Crippen molar-refractivity contribution in [3.05, 3.63) is 46.5 Å². The zero-order valence-electron chi connectivity index (χ0n) is 15.8. The van der Waals surface area contributed by atoms with Crippen LogP contribution in [-0.4, -0.2) is 15.3 Å². The first kappa shape index (κ1) is 19.3. The molecule has 3 aromatic rings. The molecule has 3 rings (SSSR count). The van der Waals surface area contributed by atoms with E-state index < -0.39 is 0 Å². The predicted octanol–water partition coefficient (Wildman–Crippen LogP) is 5.72. The van der Waals surface area contributed by atoms with Crippen molar-refractivity contribution < 1.29 is 5.11 Å². The molecule has 5 N–H and O–H groups in total. The van der Waals surface area contributed by atoms with Crippen LogP contribution in [0, 0.1) is 0 Å². The molecule has 136 valence electrons. The third kappa shape index (κ3) is 4.51. The minimum Gasteiger partial charge on any atom is -0.505 e. The number of aromatic amines is 2. The highest BCUT2D eigenvalue weighted by molar-refractivity contribution is 6.31. The van der Waals surface area contributed by atoms with Gasteiger partial charge in [0.2, 0.25) is 0 Å². The molecular formula is C20H28ClN3O. The van der Waals surface area contributed by atoms with E-state index in [4.69, 9.17) is 17.3 Å². The lowest BCUT2D eigenvalue weighted by molar-refractivity contribution is 0.447. The van der Waals surface area contributed by atoms with Crippen LogP contribution in [0.3, 0.4) is 0 Å². The number of phenolic OH excluding ortho intramolecular Hbond substituents is 1. The van der Waals surface area contributed by atoms with Gasteiger partial charge in [-0.1, -0.05) is 59.2 Å². The molecule has 0 aliphatic carbocycles. The zero-order valence-corrected chi connectivity index (χ0v) is 16.5. The maximum Gasteiger partial charge on any atom is 0.142 e. The van der Waals surface area contributed by atoms with Gasteiger partial charge in [-0.3, -0.25) is 10.2 Å². The van der Waals surface area contributed by atoms with Gasteiger partial charge in [0.25, 0.3) is 0 Å². The lowest BCUT2D eigenvalue weighted by atomic mass is 9.80. The molecule has 0 atom stereocenters. The number of nitrogens with two attached hydrogens (primary N) is 1. The Hall–Kier alpha value is -2.07. The summed E-state index contributed by atoms with van der Waals surface area (Å²) in [6, 6.07) is 9.60. The lowest BCUT2D eigenvalue weighted by Crippen LogP contribution is -2.17. The van der Waals surface area contributed by atoms with Gasteiger partial charge in [0.05, 0.1) is 16.7 Å². The Kier molecular flexibility index (Phi) is 5.14. The number of aromatic nitrogens is 2. The molecule has 0 aliphatic heterocycles. The number of hydrogen-bond donors (Lipinski definition) is 4. The maximum atomic E-state index is 10.00. The predicted molar refractivity (Wildman–Crippen MR) is 108 cm³/mol. The van der Waals surface area contributed by atoms with Crippen LogP contribution in [0.5, 0.6) is 5.75 Å².